The maximum absolute atomic E-state index is 10.4. The molecule has 1 N–H and O–H groups in total. The molecule has 0 aromatic carbocycles. The van der Waals surface area contributed by atoms with Crippen LogP contribution in [0, 0.1) is 5.92 Å². The van der Waals surface area contributed by atoms with Gasteiger partial charge in [0.25, 0.3) is 0 Å². The summed E-state index contributed by atoms with van der Waals surface area (Å²) >= 11 is 0. The minimum atomic E-state index is -0.312. The first-order valence-corrected chi connectivity index (χ1v) is 7.93. The minimum Gasteiger partial charge on any atom is -0.391 e. The van der Waals surface area contributed by atoms with Crippen LogP contribution in [0.2, 0.25) is 0 Å². The standard InChI is InChI=1S/C17H20N4O/c22-16-10-21(9-14(16)7-12-3-5-18-6-4-12)17-8-15(13-1-2-13)19-11-20-17/h3-6,8,11,13-14,16,22H,1-2,7,9-10H2/t14-,16-/m1/s1. The molecule has 3 heterocycles. The number of rotatable bonds is 4. The lowest BCUT2D eigenvalue weighted by atomic mass is 9.97. The van der Waals surface area contributed by atoms with Gasteiger partial charge >= 0.3 is 0 Å². The van der Waals surface area contributed by atoms with Crippen molar-refractivity contribution < 1.29 is 5.11 Å². The fourth-order valence-corrected chi connectivity index (χ4v) is 3.20. The number of aromatic nitrogens is 3. The summed E-state index contributed by atoms with van der Waals surface area (Å²) < 4.78 is 0. The van der Waals surface area contributed by atoms with Gasteiger partial charge in [-0.15, -0.1) is 0 Å². The molecule has 2 fully saturated rings. The summed E-state index contributed by atoms with van der Waals surface area (Å²) in [6, 6.07) is 6.13. The van der Waals surface area contributed by atoms with Crippen LogP contribution in [0.25, 0.3) is 0 Å². The molecule has 22 heavy (non-hydrogen) atoms. The molecule has 1 aliphatic heterocycles. The molecular weight excluding hydrogens is 276 g/mol. The summed E-state index contributed by atoms with van der Waals surface area (Å²) in [6.45, 7) is 1.49. The van der Waals surface area contributed by atoms with E-state index < -0.39 is 0 Å². The van der Waals surface area contributed by atoms with Gasteiger partial charge in [0.05, 0.1) is 6.10 Å². The number of hydrogen-bond acceptors (Lipinski definition) is 5. The third kappa shape index (κ3) is 2.81. The van der Waals surface area contributed by atoms with Crippen molar-refractivity contribution in [3.05, 3.63) is 48.2 Å². The Kier molecular flexibility index (Phi) is 3.50. The third-order valence-electron chi connectivity index (χ3n) is 4.65. The first-order valence-electron chi connectivity index (χ1n) is 7.93. The van der Waals surface area contributed by atoms with Crippen LogP contribution in [0.1, 0.15) is 30.0 Å². The van der Waals surface area contributed by atoms with E-state index in [1.165, 1.54) is 18.4 Å². The molecule has 0 spiro atoms. The molecule has 2 aromatic heterocycles. The maximum atomic E-state index is 10.4. The van der Waals surface area contributed by atoms with Gasteiger partial charge in [-0.3, -0.25) is 4.98 Å². The summed E-state index contributed by atoms with van der Waals surface area (Å²) in [5.41, 5.74) is 2.37. The first kappa shape index (κ1) is 13.6. The van der Waals surface area contributed by atoms with E-state index in [1.807, 2.05) is 12.1 Å². The predicted molar refractivity (Wildman–Crippen MR) is 83.7 cm³/mol. The highest BCUT2D eigenvalue weighted by Gasteiger charge is 2.33. The molecule has 0 bridgehead atoms. The molecule has 1 saturated carbocycles. The monoisotopic (exact) mass is 296 g/mol. The topological polar surface area (TPSA) is 62.1 Å². The summed E-state index contributed by atoms with van der Waals surface area (Å²) in [7, 11) is 0. The molecule has 1 saturated heterocycles. The number of hydrogen-bond donors (Lipinski definition) is 1. The van der Waals surface area contributed by atoms with Crippen LogP contribution in [0.3, 0.4) is 0 Å². The molecule has 5 heteroatoms. The van der Waals surface area contributed by atoms with Crippen molar-refractivity contribution in [2.45, 2.75) is 31.3 Å². The van der Waals surface area contributed by atoms with Crippen LogP contribution in [-0.2, 0) is 6.42 Å². The predicted octanol–water partition coefficient (Wildman–Crippen LogP) is 1.79. The molecule has 2 aromatic rings. The lowest BCUT2D eigenvalue weighted by Gasteiger charge is -2.17. The van der Waals surface area contributed by atoms with Crippen molar-refractivity contribution in [2.75, 3.05) is 18.0 Å². The highest BCUT2D eigenvalue weighted by Crippen LogP contribution is 2.39. The van der Waals surface area contributed by atoms with E-state index in [0.29, 0.717) is 12.5 Å². The molecule has 0 amide bonds. The Morgan fingerprint density at radius 2 is 1.95 bits per heavy atom. The average molecular weight is 296 g/mol. The molecule has 5 nitrogen and oxygen atoms in total. The Morgan fingerprint density at radius 3 is 2.73 bits per heavy atom. The number of aliphatic hydroxyl groups is 1. The van der Waals surface area contributed by atoms with Crippen LogP contribution in [0.5, 0.6) is 0 Å². The van der Waals surface area contributed by atoms with E-state index in [2.05, 4.69) is 25.9 Å². The quantitative estimate of drug-likeness (QED) is 0.932. The van der Waals surface area contributed by atoms with Gasteiger partial charge in [0.1, 0.15) is 12.1 Å². The summed E-state index contributed by atoms with van der Waals surface area (Å²) in [6.07, 6.45) is 8.31. The fraction of sp³-hybridized carbons (Fsp3) is 0.471. The molecular formula is C17H20N4O. The zero-order valence-electron chi connectivity index (χ0n) is 12.5. The van der Waals surface area contributed by atoms with Crippen LogP contribution in [0.4, 0.5) is 5.82 Å². The first-order chi connectivity index (χ1) is 10.8. The van der Waals surface area contributed by atoms with E-state index in [9.17, 15) is 5.11 Å². The Bertz CT molecular complexity index is 644. The summed E-state index contributed by atoms with van der Waals surface area (Å²) in [5.74, 6) is 1.82. The number of aliphatic hydroxyl groups excluding tert-OH is 1. The zero-order valence-corrected chi connectivity index (χ0v) is 12.5. The molecule has 1 aliphatic carbocycles. The summed E-state index contributed by atoms with van der Waals surface area (Å²) in [5, 5.41) is 10.4. The number of pyridine rings is 1. The van der Waals surface area contributed by atoms with Gasteiger partial charge in [-0.2, -0.15) is 0 Å². The minimum absolute atomic E-state index is 0.238. The zero-order chi connectivity index (χ0) is 14.9. The van der Waals surface area contributed by atoms with E-state index in [1.54, 1.807) is 18.7 Å². The lowest BCUT2D eigenvalue weighted by Crippen LogP contribution is -2.22. The van der Waals surface area contributed by atoms with Crippen molar-refractivity contribution in [3.63, 3.8) is 0 Å². The third-order valence-corrected chi connectivity index (χ3v) is 4.65. The Balaban J connectivity index is 1.47. The van der Waals surface area contributed by atoms with Gasteiger partial charge in [0.15, 0.2) is 0 Å². The van der Waals surface area contributed by atoms with Gasteiger partial charge in [0.2, 0.25) is 0 Å². The fourth-order valence-electron chi connectivity index (χ4n) is 3.20. The number of nitrogens with zero attached hydrogens (tertiary/aromatic N) is 4. The second kappa shape index (κ2) is 5.65. The van der Waals surface area contributed by atoms with Crippen molar-refractivity contribution >= 4 is 5.82 Å². The SMILES string of the molecule is O[C@@H]1CN(c2cc(C3CC3)ncn2)C[C@H]1Cc1ccncc1. The molecule has 0 radical (unpaired) electrons. The molecule has 114 valence electrons. The van der Waals surface area contributed by atoms with Crippen LogP contribution < -0.4 is 4.90 Å². The summed E-state index contributed by atoms with van der Waals surface area (Å²) in [4.78, 5) is 15.0. The Labute approximate surface area is 130 Å². The van der Waals surface area contributed by atoms with Crippen molar-refractivity contribution in [2.24, 2.45) is 5.92 Å². The van der Waals surface area contributed by atoms with Crippen LogP contribution in [-0.4, -0.2) is 39.3 Å². The van der Waals surface area contributed by atoms with Crippen molar-refractivity contribution in [3.8, 4) is 0 Å². The van der Waals surface area contributed by atoms with Crippen LogP contribution in [0.15, 0.2) is 36.9 Å². The second-order valence-electron chi connectivity index (χ2n) is 6.37. The van der Waals surface area contributed by atoms with Gasteiger partial charge in [-0.25, -0.2) is 9.97 Å². The van der Waals surface area contributed by atoms with Gasteiger partial charge < -0.3 is 10.0 Å². The molecule has 2 aliphatic rings. The highest BCUT2D eigenvalue weighted by atomic mass is 16.3. The van der Waals surface area contributed by atoms with Gasteiger partial charge in [0, 0.05) is 49.1 Å². The Morgan fingerprint density at radius 1 is 1.14 bits per heavy atom. The molecule has 2 atom stereocenters. The van der Waals surface area contributed by atoms with Crippen molar-refractivity contribution in [1.29, 1.82) is 0 Å². The van der Waals surface area contributed by atoms with E-state index >= 15 is 0 Å². The lowest BCUT2D eigenvalue weighted by molar-refractivity contribution is 0.148. The van der Waals surface area contributed by atoms with E-state index in [0.717, 1.165) is 24.5 Å². The Hall–Kier alpha value is -2.01. The average Bonchev–Trinajstić information content (AvgIpc) is 3.34. The molecule has 0 unspecified atom stereocenters. The smallest absolute Gasteiger partial charge is 0.132 e. The second-order valence-corrected chi connectivity index (χ2v) is 6.37. The largest absolute Gasteiger partial charge is 0.391 e. The number of anilines is 1. The van der Waals surface area contributed by atoms with E-state index in [-0.39, 0.29) is 12.0 Å². The van der Waals surface area contributed by atoms with Gasteiger partial charge in [-0.1, -0.05) is 0 Å². The maximum Gasteiger partial charge on any atom is 0.132 e. The normalized spacial score (nSPS) is 24.7. The van der Waals surface area contributed by atoms with E-state index in [4.69, 9.17) is 0 Å². The number of β-amino-alcohol motifs (C(OH)–C–C–N with tert-alkyl or cyclic N) is 1. The highest BCUT2D eigenvalue weighted by molar-refractivity contribution is 5.42. The van der Waals surface area contributed by atoms with Crippen LogP contribution >= 0.6 is 0 Å². The molecule has 4 rings (SSSR count). The van der Waals surface area contributed by atoms with Gasteiger partial charge in [-0.05, 0) is 37.0 Å². The van der Waals surface area contributed by atoms with Crippen molar-refractivity contribution in [1.82, 2.24) is 15.0 Å².